The maximum atomic E-state index is 13.4. The smallest absolute Gasteiger partial charge is 0.273 e. The molecule has 1 N–H and O–H groups in total. The number of nitrogens with zero attached hydrogens (tertiary/aromatic N) is 5. The van der Waals surface area contributed by atoms with E-state index in [-0.39, 0.29) is 36.1 Å². The highest BCUT2D eigenvalue weighted by molar-refractivity contribution is 5.93. The van der Waals surface area contributed by atoms with Crippen LogP contribution in [-0.4, -0.2) is 36.9 Å². The summed E-state index contributed by atoms with van der Waals surface area (Å²) in [6.45, 7) is 0.750. The number of carbonyl (C=O) groups is 1. The van der Waals surface area contributed by atoms with Crippen molar-refractivity contribution in [3.8, 4) is 11.3 Å². The van der Waals surface area contributed by atoms with E-state index in [1.807, 2.05) is 30.3 Å². The van der Waals surface area contributed by atoms with Crippen LogP contribution < -0.4 is 10.9 Å². The van der Waals surface area contributed by atoms with Crippen molar-refractivity contribution in [2.75, 3.05) is 6.54 Å². The molecule has 5 aromatic rings. The van der Waals surface area contributed by atoms with E-state index in [1.54, 1.807) is 22.9 Å². The first-order chi connectivity index (χ1) is 16.6. The number of amides is 1. The van der Waals surface area contributed by atoms with Gasteiger partial charge in [0.05, 0.1) is 19.3 Å². The van der Waals surface area contributed by atoms with Crippen molar-refractivity contribution in [3.63, 3.8) is 0 Å². The molecular weight excluding hydrogens is 439 g/mol. The Balaban J connectivity index is 1.24. The van der Waals surface area contributed by atoms with E-state index in [0.29, 0.717) is 28.9 Å². The van der Waals surface area contributed by atoms with Crippen molar-refractivity contribution < 1.29 is 13.7 Å². The number of fused-ring (bicyclic) bond motifs is 1. The standard InChI is InChI=1S/C24H19FN6O3/c25-18-8-4-5-16(11-18)14-30-15-27-22-19(24(30)33)13-28-31(22)10-9-26-23(32)20-12-21(34-29-20)17-6-2-1-3-7-17/h1-8,11-13,15H,9-10,14H2,(H,26,32). The van der Waals surface area contributed by atoms with Crippen molar-refractivity contribution in [1.29, 1.82) is 0 Å². The molecule has 0 aliphatic heterocycles. The molecule has 0 saturated heterocycles. The Bertz CT molecular complexity index is 1520. The van der Waals surface area contributed by atoms with Gasteiger partial charge in [-0.25, -0.2) is 14.1 Å². The highest BCUT2D eigenvalue weighted by atomic mass is 19.1. The number of carbonyl (C=O) groups excluding carboxylic acids is 1. The van der Waals surface area contributed by atoms with Crippen molar-refractivity contribution in [1.82, 2.24) is 29.8 Å². The molecule has 0 saturated carbocycles. The van der Waals surface area contributed by atoms with E-state index in [4.69, 9.17) is 4.52 Å². The molecule has 1 amide bonds. The summed E-state index contributed by atoms with van der Waals surface area (Å²) >= 11 is 0. The Morgan fingerprint density at radius 1 is 1.09 bits per heavy atom. The van der Waals surface area contributed by atoms with Crippen LogP contribution in [0, 0.1) is 5.82 Å². The third-order valence-electron chi connectivity index (χ3n) is 5.27. The molecular formula is C24H19FN6O3. The summed E-state index contributed by atoms with van der Waals surface area (Å²) < 4.78 is 21.6. The van der Waals surface area contributed by atoms with Crippen LogP contribution in [0.1, 0.15) is 16.1 Å². The van der Waals surface area contributed by atoms with Gasteiger partial charge in [0.2, 0.25) is 0 Å². The van der Waals surface area contributed by atoms with Gasteiger partial charge in [-0.3, -0.25) is 14.2 Å². The van der Waals surface area contributed by atoms with Crippen molar-refractivity contribution in [2.45, 2.75) is 13.1 Å². The molecule has 0 radical (unpaired) electrons. The van der Waals surface area contributed by atoms with Gasteiger partial charge in [-0.2, -0.15) is 5.10 Å². The van der Waals surface area contributed by atoms with Gasteiger partial charge in [-0.15, -0.1) is 0 Å². The van der Waals surface area contributed by atoms with Crippen molar-refractivity contribution >= 4 is 16.9 Å². The van der Waals surface area contributed by atoms with Gasteiger partial charge in [0.15, 0.2) is 17.1 Å². The zero-order chi connectivity index (χ0) is 23.5. The minimum Gasteiger partial charge on any atom is -0.355 e. The summed E-state index contributed by atoms with van der Waals surface area (Å²) in [5.74, 6) is -0.244. The van der Waals surface area contributed by atoms with Gasteiger partial charge < -0.3 is 9.84 Å². The van der Waals surface area contributed by atoms with Crippen molar-refractivity contribution in [3.05, 3.63) is 101 Å². The quantitative estimate of drug-likeness (QED) is 0.402. The molecule has 0 aliphatic carbocycles. The van der Waals surface area contributed by atoms with E-state index in [9.17, 15) is 14.0 Å². The van der Waals surface area contributed by atoms with Crippen LogP contribution in [0.4, 0.5) is 4.39 Å². The van der Waals surface area contributed by atoms with Gasteiger partial charge in [0.25, 0.3) is 11.5 Å². The van der Waals surface area contributed by atoms with Crippen LogP contribution >= 0.6 is 0 Å². The summed E-state index contributed by atoms with van der Waals surface area (Å²) in [4.78, 5) is 29.6. The van der Waals surface area contributed by atoms with Crippen molar-refractivity contribution in [2.24, 2.45) is 0 Å². The third-order valence-corrected chi connectivity index (χ3v) is 5.27. The first kappa shape index (κ1) is 21.3. The van der Waals surface area contributed by atoms with Gasteiger partial charge in [0, 0.05) is 18.2 Å². The average molecular weight is 458 g/mol. The zero-order valence-electron chi connectivity index (χ0n) is 17.9. The van der Waals surface area contributed by atoms with Gasteiger partial charge in [0.1, 0.15) is 17.5 Å². The fourth-order valence-electron chi connectivity index (χ4n) is 3.59. The minimum atomic E-state index is -0.382. The number of aromatic nitrogens is 5. The second kappa shape index (κ2) is 9.10. The predicted molar refractivity (Wildman–Crippen MR) is 122 cm³/mol. The maximum absolute atomic E-state index is 13.4. The molecule has 0 bridgehead atoms. The largest absolute Gasteiger partial charge is 0.355 e. The summed E-state index contributed by atoms with van der Waals surface area (Å²) in [6.07, 6.45) is 2.85. The van der Waals surface area contributed by atoms with Crippen LogP contribution in [0.5, 0.6) is 0 Å². The van der Waals surface area contributed by atoms with Gasteiger partial charge in [-0.1, -0.05) is 47.6 Å². The Kier molecular flexibility index (Phi) is 5.69. The van der Waals surface area contributed by atoms with Gasteiger partial charge in [-0.05, 0) is 17.7 Å². The summed E-state index contributed by atoms with van der Waals surface area (Å²) in [6, 6.07) is 17.0. The van der Waals surface area contributed by atoms with Crippen LogP contribution in [0.15, 0.2) is 82.5 Å². The van der Waals surface area contributed by atoms with E-state index >= 15 is 0 Å². The number of benzene rings is 2. The number of rotatable bonds is 7. The Morgan fingerprint density at radius 3 is 2.76 bits per heavy atom. The molecule has 170 valence electrons. The maximum Gasteiger partial charge on any atom is 0.273 e. The summed E-state index contributed by atoms with van der Waals surface area (Å²) in [7, 11) is 0. The fraction of sp³-hybridized carbons (Fsp3) is 0.125. The first-order valence-electron chi connectivity index (χ1n) is 10.5. The highest BCUT2D eigenvalue weighted by Gasteiger charge is 2.14. The molecule has 0 spiro atoms. The molecule has 5 rings (SSSR count). The Morgan fingerprint density at radius 2 is 1.94 bits per heavy atom. The molecule has 0 atom stereocenters. The predicted octanol–water partition coefficient (Wildman–Crippen LogP) is 2.87. The van der Waals surface area contributed by atoms with E-state index in [2.05, 4.69) is 20.6 Å². The Hall–Kier alpha value is -4.60. The number of nitrogens with one attached hydrogen (secondary N) is 1. The molecule has 2 aromatic carbocycles. The number of hydrogen-bond donors (Lipinski definition) is 1. The molecule has 3 aromatic heterocycles. The molecule has 3 heterocycles. The van der Waals surface area contributed by atoms with Crippen LogP contribution in [-0.2, 0) is 13.1 Å². The molecule has 34 heavy (non-hydrogen) atoms. The SMILES string of the molecule is O=C(NCCn1ncc2c(=O)n(Cc3cccc(F)c3)cnc21)c1cc(-c2ccccc2)on1. The lowest BCUT2D eigenvalue weighted by Crippen LogP contribution is -2.28. The fourth-order valence-corrected chi connectivity index (χ4v) is 3.59. The second-order valence-corrected chi connectivity index (χ2v) is 7.61. The molecule has 9 nitrogen and oxygen atoms in total. The second-order valence-electron chi connectivity index (χ2n) is 7.61. The van der Waals surface area contributed by atoms with Crippen LogP contribution in [0.25, 0.3) is 22.4 Å². The monoisotopic (exact) mass is 458 g/mol. The Labute approximate surface area is 192 Å². The summed E-state index contributed by atoms with van der Waals surface area (Å²) in [5.41, 5.74) is 1.78. The van der Waals surface area contributed by atoms with E-state index in [0.717, 1.165) is 5.56 Å². The zero-order valence-corrected chi connectivity index (χ0v) is 17.9. The number of hydrogen-bond acceptors (Lipinski definition) is 6. The normalized spacial score (nSPS) is 11.1. The van der Waals surface area contributed by atoms with Gasteiger partial charge >= 0.3 is 0 Å². The molecule has 0 fully saturated rings. The van der Waals surface area contributed by atoms with E-state index in [1.165, 1.54) is 29.2 Å². The molecule has 10 heteroatoms. The third kappa shape index (κ3) is 4.33. The van der Waals surface area contributed by atoms with Crippen LogP contribution in [0.2, 0.25) is 0 Å². The van der Waals surface area contributed by atoms with Crippen LogP contribution in [0.3, 0.4) is 0 Å². The van der Waals surface area contributed by atoms with E-state index < -0.39 is 0 Å². The average Bonchev–Trinajstić information content (AvgIpc) is 3.50. The molecule has 0 unspecified atom stereocenters. The minimum absolute atomic E-state index is 0.169. The highest BCUT2D eigenvalue weighted by Crippen LogP contribution is 2.19. The number of halogens is 1. The molecule has 0 aliphatic rings. The first-order valence-corrected chi connectivity index (χ1v) is 10.5. The lowest BCUT2D eigenvalue weighted by molar-refractivity contribution is 0.0943. The lowest BCUT2D eigenvalue weighted by Gasteiger charge is -2.07. The summed E-state index contributed by atoms with van der Waals surface area (Å²) in [5, 5.41) is 11.2. The topological polar surface area (TPSA) is 108 Å². The lowest BCUT2D eigenvalue weighted by atomic mass is 10.1.